The molecule has 1 unspecified atom stereocenters. The van der Waals surface area contributed by atoms with Crippen LogP contribution in [0.3, 0.4) is 0 Å². The Morgan fingerprint density at radius 2 is 1.95 bits per heavy atom. The summed E-state index contributed by atoms with van der Waals surface area (Å²) in [5.41, 5.74) is 1.17. The molecule has 0 bridgehead atoms. The Kier molecular flexibility index (Phi) is 4.55. The maximum atomic E-state index is 11.8. The Hall–Kier alpha value is -2.70. The van der Waals surface area contributed by atoms with Gasteiger partial charge in [-0.2, -0.15) is 0 Å². The summed E-state index contributed by atoms with van der Waals surface area (Å²) in [5, 5.41) is 13.4. The van der Waals surface area contributed by atoms with Gasteiger partial charge in [-0.15, -0.1) is 0 Å². The van der Waals surface area contributed by atoms with Gasteiger partial charge < -0.3 is 10.4 Å². The van der Waals surface area contributed by atoms with E-state index in [1.165, 1.54) is 6.92 Å². The zero-order valence-corrected chi connectivity index (χ0v) is 12.0. The first kappa shape index (κ1) is 15.7. The summed E-state index contributed by atoms with van der Waals surface area (Å²) in [5.74, 6) is -2.51. The van der Waals surface area contributed by atoms with Crippen molar-refractivity contribution in [3.63, 3.8) is 0 Å². The van der Waals surface area contributed by atoms with E-state index in [4.69, 9.17) is 5.11 Å². The zero-order valence-electron chi connectivity index (χ0n) is 12.0. The highest BCUT2D eigenvalue weighted by atomic mass is 16.4. The van der Waals surface area contributed by atoms with Gasteiger partial charge in [0.1, 0.15) is 6.04 Å². The van der Waals surface area contributed by atoms with Crippen molar-refractivity contribution < 1.29 is 24.3 Å². The van der Waals surface area contributed by atoms with Gasteiger partial charge in [0, 0.05) is 12.0 Å². The fourth-order valence-corrected chi connectivity index (χ4v) is 2.19. The van der Waals surface area contributed by atoms with Gasteiger partial charge in [-0.25, -0.2) is 0 Å². The molecule has 22 heavy (non-hydrogen) atoms. The van der Waals surface area contributed by atoms with Crippen molar-refractivity contribution in [2.75, 3.05) is 0 Å². The number of rotatable bonds is 5. The third-order valence-corrected chi connectivity index (χ3v) is 3.48. The quantitative estimate of drug-likeness (QED) is 0.668. The average Bonchev–Trinajstić information content (AvgIpc) is 2.77. The molecule has 3 N–H and O–H groups in total. The molecule has 3 amide bonds. The van der Waals surface area contributed by atoms with Crippen LogP contribution >= 0.6 is 0 Å². The lowest BCUT2D eigenvalue weighted by Gasteiger charge is -2.10. The number of carboxylic acids is 1. The Morgan fingerprint density at radius 3 is 2.45 bits per heavy atom. The minimum absolute atomic E-state index is 0.178. The number of hydrogen-bond donors (Lipinski definition) is 3. The summed E-state index contributed by atoms with van der Waals surface area (Å²) in [7, 11) is 0. The van der Waals surface area contributed by atoms with Crippen LogP contribution in [0.25, 0.3) is 0 Å². The Labute approximate surface area is 126 Å². The summed E-state index contributed by atoms with van der Waals surface area (Å²) in [6, 6.07) is 5.54. The molecule has 1 aliphatic rings. The van der Waals surface area contributed by atoms with Crippen LogP contribution in [0.4, 0.5) is 0 Å². The van der Waals surface area contributed by atoms with E-state index in [1.807, 2.05) is 0 Å². The third kappa shape index (κ3) is 3.69. The van der Waals surface area contributed by atoms with E-state index in [0.29, 0.717) is 12.0 Å². The van der Waals surface area contributed by atoms with Gasteiger partial charge in [-0.05, 0) is 31.0 Å². The normalized spacial score (nSPS) is 18.7. The number of benzene rings is 1. The van der Waals surface area contributed by atoms with Crippen molar-refractivity contribution in [1.82, 2.24) is 10.6 Å². The average molecular weight is 304 g/mol. The molecule has 1 fully saturated rings. The molecular formula is C15H16N2O5. The first-order chi connectivity index (χ1) is 10.4. The predicted octanol–water partition coefficient (Wildman–Crippen LogP) is 0.0947. The number of amides is 3. The van der Waals surface area contributed by atoms with Gasteiger partial charge in [0.05, 0.1) is 5.92 Å². The van der Waals surface area contributed by atoms with Crippen molar-refractivity contribution in [1.29, 1.82) is 0 Å². The highest BCUT2D eigenvalue weighted by molar-refractivity contribution is 6.03. The maximum Gasteiger partial charge on any atom is 0.325 e. The molecule has 116 valence electrons. The zero-order chi connectivity index (χ0) is 16.3. The van der Waals surface area contributed by atoms with E-state index in [2.05, 4.69) is 10.6 Å². The maximum absolute atomic E-state index is 11.8. The Bertz CT molecular complexity index is 623. The molecule has 0 spiro atoms. The van der Waals surface area contributed by atoms with Gasteiger partial charge in [-0.3, -0.25) is 24.5 Å². The number of carbonyl (C=O) groups excluding carboxylic acids is 3. The molecule has 2 atom stereocenters. The standard InChI is InChI=1S/C15H16N2O5/c1-8(15(21)22)16-13(19)10-4-2-9(3-5-10)6-11-7-12(18)17-14(11)20/h2-5,8,11H,6-7H2,1H3,(H,16,19)(H,21,22)(H,17,18,20)/t8-,11?/m0/s1. The number of hydrogen-bond acceptors (Lipinski definition) is 4. The fourth-order valence-electron chi connectivity index (χ4n) is 2.19. The summed E-state index contributed by atoms with van der Waals surface area (Å²) < 4.78 is 0. The van der Waals surface area contributed by atoms with Crippen molar-refractivity contribution in [3.8, 4) is 0 Å². The predicted molar refractivity (Wildman–Crippen MR) is 76.0 cm³/mol. The fraction of sp³-hybridized carbons (Fsp3) is 0.333. The Balaban J connectivity index is 1.98. The highest BCUT2D eigenvalue weighted by Crippen LogP contribution is 2.17. The third-order valence-electron chi connectivity index (χ3n) is 3.48. The van der Waals surface area contributed by atoms with E-state index in [1.54, 1.807) is 24.3 Å². The van der Waals surface area contributed by atoms with Crippen LogP contribution in [0.15, 0.2) is 24.3 Å². The van der Waals surface area contributed by atoms with Crippen LogP contribution in [0.1, 0.15) is 29.3 Å². The highest BCUT2D eigenvalue weighted by Gasteiger charge is 2.30. The molecule has 7 nitrogen and oxygen atoms in total. The smallest absolute Gasteiger partial charge is 0.325 e. The monoisotopic (exact) mass is 304 g/mol. The van der Waals surface area contributed by atoms with Gasteiger partial charge in [0.15, 0.2) is 0 Å². The van der Waals surface area contributed by atoms with Crippen molar-refractivity contribution in [2.24, 2.45) is 5.92 Å². The largest absolute Gasteiger partial charge is 0.480 e. The van der Waals surface area contributed by atoms with E-state index in [0.717, 1.165) is 5.56 Å². The van der Waals surface area contributed by atoms with Gasteiger partial charge in [0.2, 0.25) is 11.8 Å². The van der Waals surface area contributed by atoms with Crippen molar-refractivity contribution >= 4 is 23.7 Å². The molecule has 0 aromatic heterocycles. The second-order valence-corrected chi connectivity index (χ2v) is 5.25. The molecule has 1 aromatic rings. The number of carboxylic acid groups (broad SMARTS) is 1. The van der Waals surface area contributed by atoms with E-state index in [-0.39, 0.29) is 24.2 Å². The van der Waals surface area contributed by atoms with Crippen LogP contribution in [0.5, 0.6) is 0 Å². The summed E-state index contributed by atoms with van der Waals surface area (Å²) in [4.78, 5) is 45.1. The van der Waals surface area contributed by atoms with E-state index < -0.39 is 17.9 Å². The molecule has 1 aromatic carbocycles. The molecule has 1 aliphatic heterocycles. The van der Waals surface area contributed by atoms with Crippen LogP contribution in [-0.4, -0.2) is 34.8 Å². The van der Waals surface area contributed by atoms with Crippen molar-refractivity contribution in [3.05, 3.63) is 35.4 Å². The number of aliphatic carboxylic acids is 1. The summed E-state index contributed by atoms with van der Waals surface area (Å²) in [6.07, 6.45) is 0.599. The molecule has 2 rings (SSSR count). The lowest BCUT2D eigenvalue weighted by molar-refractivity contribution is -0.138. The molecule has 0 aliphatic carbocycles. The minimum Gasteiger partial charge on any atom is -0.480 e. The lowest BCUT2D eigenvalue weighted by Crippen LogP contribution is -2.38. The first-order valence-electron chi connectivity index (χ1n) is 6.83. The summed E-state index contributed by atoms with van der Waals surface area (Å²) in [6.45, 7) is 1.38. The SMILES string of the molecule is C[C@H](NC(=O)c1ccc(CC2CC(=O)NC2=O)cc1)C(=O)O. The van der Waals surface area contributed by atoms with Crippen molar-refractivity contribution in [2.45, 2.75) is 25.8 Å². The lowest BCUT2D eigenvalue weighted by atomic mass is 9.97. The topological polar surface area (TPSA) is 113 Å². The van der Waals surface area contributed by atoms with E-state index in [9.17, 15) is 19.2 Å². The molecule has 1 saturated heterocycles. The van der Waals surface area contributed by atoms with Crippen LogP contribution in [-0.2, 0) is 20.8 Å². The first-order valence-corrected chi connectivity index (χ1v) is 6.83. The van der Waals surface area contributed by atoms with Gasteiger partial charge in [0.25, 0.3) is 5.91 Å². The number of nitrogens with one attached hydrogen (secondary N) is 2. The molecular weight excluding hydrogens is 288 g/mol. The number of carbonyl (C=O) groups is 4. The van der Waals surface area contributed by atoms with Crippen LogP contribution in [0.2, 0.25) is 0 Å². The van der Waals surface area contributed by atoms with E-state index >= 15 is 0 Å². The van der Waals surface area contributed by atoms with Gasteiger partial charge in [-0.1, -0.05) is 12.1 Å². The molecule has 0 saturated carbocycles. The molecule has 7 heteroatoms. The Morgan fingerprint density at radius 1 is 1.32 bits per heavy atom. The van der Waals surface area contributed by atoms with Crippen LogP contribution in [0, 0.1) is 5.92 Å². The summed E-state index contributed by atoms with van der Waals surface area (Å²) >= 11 is 0. The van der Waals surface area contributed by atoms with Crippen LogP contribution < -0.4 is 10.6 Å². The second-order valence-electron chi connectivity index (χ2n) is 5.25. The second kappa shape index (κ2) is 6.38. The number of imide groups is 1. The molecule has 0 radical (unpaired) electrons. The van der Waals surface area contributed by atoms with Gasteiger partial charge >= 0.3 is 5.97 Å². The molecule has 1 heterocycles. The minimum atomic E-state index is -1.11.